The number of methoxy groups -OCH3 is 1. The quantitative estimate of drug-likeness (QED) is 0.0456. The minimum Gasteiger partial charge on any atom is -0.466 e. The first-order valence-electron chi connectivity index (χ1n) is 20.8. The third-order valence-corrected chi connectivity index (χ3v) is 9.91. The van der Waals surface area contributed by atoms with Crippen LogP contribution in [0.25, 0.3) is 0 Å². The van der Waals surface area contributed by atoms with Gasteiger partial charge in [0.05, 0.1) is 7.11 Å². The molecule has 0 heterocycles. The van der Waals surface area contributed by atoms with Crippen molar-refractivity contribution in [2.75, 3.05) is 7.11 Å². The SMILES string of the molecule is COC(=O)/C=C(\C)CC/C=C(\C)CC/C=C(\C)CC/C=C(\C)CC/C=C(\C)CC/C=C(\C)CC/C=C(\C)CC/C=C(\C)CC/C=C(\C)CCC=C(C)C. The van der Waals surface area contributed by atoms with E-state index in [1.807, 2.05) is 6.92 Å². The average molecular weight is 727 g/mol. The summed E-state index contributed by atoms with van der Waals surface area (Å²) in [4.78, 5) is 11.3. The summed E-state index contributed by atoms with van der Waals surface area (Å²) in [5, 5.41) is 0. The second-order valence-electron chi connectivity index (χ2n) is 16.0. The summed E-state index contributed by atoms with van der Waals surface area (Å²) < 4.78 is 4.70. The van der Waals surface area contributed by atoms with Gasteiger partial charge in [0, 0.05) is 6.08 Å². The summed E-state index contributed by atoms with van der Waals surface area (Å²) in [7, 11) is 1.42. The average Bonchev–Trinajstić information content (AvgIpc) is 3.08. The van der Waals surface area contributed by atoms with Crippen molar-refractivity contribution in [2.24, 2.45) is 0 Å². The topological polar surface area (TPSA) is 26.3 Å². The molecule has 0 bridgehead atoms. The third kappa shape index (κ3) is 33.2. The molecule has 2 heteroatoms. The monoisotopic (exact) mass is 727 g/mol. The molecule has 0 rings (SSSR count). The predicted octanol–water partition coefficient (Wildman–Crippen LogP) is 16.7. The van der Waals surface area contributed by atoms with E-state index in [1.165, 1.54) is 89.4 Å². The summed E-state index contributed by atoms with van der Waals surface area (Å²) in [6.45, 7) is 24.6. The summed E-state index contributed by atoms with van der Waals surface area (Å²) in [6, 6.07) is 0. The Kier molecular flexibility index (Phi) is 30.4. The summed E-state index contributed by atoms with van der Waals surface area (Å²) in [5.41, 5.74) is 14.5. The van der Waals surface area contributed by atoms with Gasteiger partial charge < -0.3 is 4.74 Å². The van der Waals surface area contributed by atoms with Crippen molar-refractivity contribution in [3.8, 4) is 0 Å². The molecule has 2 nitrogen and oxygen atoms in total. The van der Waals surface area contributed by atoms with E-state index in [9.17, 15) is 4.79 Å². The van der Waals surface area contributed by atoms with Gasteiger partial charge in [-0.15, -0.1) is 0 Å². The fourth-order valence-electron chi connectivity index (χ4n) is 6.11. The molecule has 0 atom stereocenters. The van der Waals surface area contributed by atoms with Gasteiger partial charge in [-0.05, 0) is 192 Å². The van der Waals surface area contributed by atoms with Crippen LogP contribution in [0.4, 0.5) is 0 Å². The lowest BCUT2D eigenvalue weighted by Crippen LogP contribution is -1.95. The van der Waals surface area contributed by atoms with E-state index in [2.05, 4.69) is 124 Å². The van der Waals surface area contributed by atoms with Gasteiger partial charge in [0.2, 0.25) is 0 Å². The van der Waals surface area contributed by atoms with Gasteiger partial charge in [-0.2, -0.15) is 0 Å². The van der Waals surface area contributed by atoms with E-state index in [4.69, 9.17) is 4.74 Å². The number of ether oxygens (including phenoxy) is 1. The third-order valence-electron chi connectivity index (χ3n) is 9.91. The van der Waals surface area contributed by atoms with Crippen LogP contribution in [0.1, 0.15) is 192 Å². The molecule has 0 amide bonds. The summed E-state index contributed by atoms with van der Waals surface area (Å²) >= 11 is 0. The molecule has 0 saturated carbocycles. The van der Waals surface area contributed by atoms with Gasteiger partial charge in [0.15, 0.2) is 0 Å². The smallest absolute Gasteiger partial charge is 0.330 e. The minimum absolute atomic E-state index is 0.268. The molecule has 0 aliphatic rings. The molecule has 0 unspecified atom stereocenters. The van der Waals surface area contributed by atoms with Gasteiger partial charge in [0.1, 0.15) is 0 Å². The number of carbonyl (C=O) groups excluding carboxylic acids is 1. The Labute approximate surface area is 329 Å². The first-order valence-corrected chi connectivity index (χ1v) is 20.8. The molecule has 0 aliphatic heterocycles. The molecule has 0 fully saturated rings. The second kappa shape index (κ2) is 32.3. The van der Waals surface area contributed by atoms with Crippen LogP contribution < -0.4 is 0 Å². The Balaban J connectivity index is 4.26. The van der Waals surface area contributed by atoms with Crippen molar-refractivity contribution in [2.45, 2.75) is 192 Å². The molecule has 0 spiro atoms. The molecular weight excluding hydrogens is 645 g/mol. The predicted molar refractivity (Wildman–Crippen MR) is 238 cm³/mol. The highest BCUT2D eigenvalue weighted by Crippen LogP contribution is 2.18. The number of hydrogen-bond acceptors (Lipinski definition) is 2. The number of allylic oxidation sites excluding steroid dienone is 19. The first kappa shape index (κ1) is 49.9. The van der Waals surface area contributed by atoms with Crippen molar-refractivity contribution in [3.05, 3.63) is 116 Å². The van der Waals surface area contributed by atoms with Gasteiger partial charge in [-0.25, -0.2) is 4.79 Å². The highest BCUT2D eigenvalue weighted by molar-refractivity contribution is 5.82. The fraction of sp³-hybridized carbons (Fsp3) is 0.588. The normalized spacial score (nSPS) is 14.6. The van der Waals surface area contributed by atoms with E-state index in [0.717, 1.165) is 89.0 Å². The lowest BCUT2D eigenvalue weighted by atomic mass is 10.0. The van der Waals surface area contributed by atoms with Crippen molar-refractivity contribution in [1.29, 1.82) is 0 Å². The van der Waals surface area contributed by atoms with Crippen molar-refractivity contribution in [3.63, 3.8) is 0 Å². The van der Waals surface area contributed by atoms with Gasteiger partial charge in [-0.1, -0.05) is 110 Å². The molecule has 53 heavy (non-hydrogen) atoms. The second-order valence-corrected chi connectivity index (χ2v) is 16.0. The van der Waals surface area contributed by atoms with E-state index in [-0.39, 0.29) is 5.97 Å². The summed E-state index contributed by atoms with van der Waals surface area (Å²) in [6.07, 6.45) is 43.6. The molecule has 0 aromatic heterocycles. The van der Waals surface area contributed by atoms with Crippen LogP contribution in [0, 0.1) is 0 Å². The minimum atomic E-state index is -0.268. The van der Waals surface area contributed by atoms with Crippen molar-refractivity contribution in [1.82, 2.24) is 0 Å². The largest absolute Gasteiger partial charge is 0.466 e. The Hall–Kier alpha value is -3.13. The number of rotatable bonds is 28. The fourth-order valence-corrected chi connectivity index (χ4v) is 6.11. The highest BCUT2D eigenvalue weighted by Gasteiger charge is 1.99. The number of hydrogen-bond donors (Lipinski definition) is 0. The summed E-state index contributed by atoms with van der Waals surface area (Å²) in [5.74, 6) is -0.268. The van der Waals surface area contributed by atoms with Crippen LogP contribution in [0.5, 0.6) is 0 Å². The van der Waals surface area contributed by atoms with Gasteiger partial charge in [-0.3, -0.25) is 0 Å². The molecule has 0 N–H and O–H groups in total. The Morgan fingerprint density at radius 3 is 0.698 bits per heavy atom. The van der Waals surface area contributed by atoms with Crippen LogP contribution >= 0.6 is 0 Å². The van der Waals surface area contributed by atoms with Crippen LogP contribution in [0.15, 0.2) is 116 Å². The highest BCUT2D eigenvalue weighted by atomic mass is 16.5. The van der Waals surface area contributed by atoms with Crippen LogP contribution in [0.2, 0.25) is 0 Å². The molecule has 0 saturated heterocycles. The molecule has 298 valence electrons. The van der Waals surface area contributed by atoms with E-state index in [0.29, 0.717) is 0 Å². The standard InChI is InChI=1S/C51H82O2/c1-41(2)22-13-23-42(3)24-14-25-43(4)26-15-27-44(5)28-16-29-45(6)30-17-31-46(7)32-18-33-47(8)34-19-35-48(9)36-20-37-49(10)38-21-39-50(11)40-51(52)53-12/h22,24,26,28,30,32,34,36,38,40H,13-21,23,25,27,29,31,33,35,37,39H2,1-12H3/b42-24+,43-26+,44-28+,45-30+,46-32+,47-34+,48-36+,49-38+,50-40+. The first-order chi connectivity index (χ1) is 25.2. The number of carbonyl (C=O) groups is 1. The molecular formula is C51H82O2. The van der Waals surface area contributed by atoms with Gasteiger partial charge >= 0.3 is 5.97 Å². The molecule has 0 aliphatic carbocycles. The van der Waals surface area contributed by atoms with E-state index < -0.39 is 0 Å². The van der Waals surface area contributed by atoms with E-state index >= 15 is 0 Å². The van der Waals surface area contributed by atoms with Gasteiger partial charge in [0.25, 0.3) is 0 Å². The van der Waals surface area contributed by atoms with Crippen LogP contribution in [0.3, 0.4) is 0 Å². The molecule has 0 radical (unpaired) electrons. The lowest BCUT2D eigenvalue weighted by molar-refractivity contribution is -0.134. The lowest BCUT2D eigenvalue weighted by Gasteiger charge is -2.04. The maximum absolute atomic E-state index is 11.3. The zero-order valence-electron chi connectivity index (χ0n) is 36.8. The Morgan fingerprint density at radius 1 is 0.321 bits per heavy atom. The Bertz CT molecular complexity index is 1350. The van der Waals surface area contributed by atoms with Crippen LogP contribution in [-0.2, 0) is 9.53 Å². The number of esters is 1. The molecule has 0 aromatic carbocycles. The zero-order chi connectivity index (χ0) is 39.9. The zero-order valence-corrected chi connectivity index (χ0v) is 36.8. The maximum Gasteiger partial charge on any atom is 0.330 e. The van der Waals surface area contributed by atoms with Crippen LogP contribution in [-0.4, -0.2) is 13.1 Å². The Morgan fingerprint density at radius 2 is 0.509 bits per heavy atom. The van der Waals surface area contributed by atoms with Crippen molar-refractivity contribution < 1.29 is 9.53 Å². The van der Waals surface area contributed by atoms with E-state index in [1.54, 1.807) is 6.08 Å². The molecule has 0 aromatic rings. The maximum atomic E-state index is 11.3. The van der Waals surface area contributed by atoms with Crippen molar-refractivity contribution >= 4 is 5.97 Å².